The number of nitrogens with zero attached hydrogens (tertiary/aromatic N) is 5. The zero-order chi connectivity index (χ0) is 17.1. The van der Waals surface area contributed by atoms with Crippen molar-refractivity contribution in [2.45, 2.75) is 43.1 Å². The van der Waals surface area contributed by atoms with E-state index >= 15 is 0 Å². The number of aliphatic hydroxyl groups is 1. The quantitative estimate of drug-likeness (QED) is 0.687. The standard InChI is InChI=1S/C15H15F2N5OS/c1-2-7-22-11(8-23)20-21-15(22)24-14-9-5-3-4-6-10(9)18-13(19-14)12(16)17/h3-6,12,23H,2,7-8H2,1H3. The van der Waals surface area contributed by atoms with Crippen molar-refractivity contribution in [2.24, 2.45) is 0 Å². The summed E-state index contributed by atoms with van der Waals surface area (Å²) in [6, 6.07) is 6.99. The summed E-state index contributed by atoms with van der Waals surface area (Å²) in [5.74, 6) is -0.0769. The van der Waals surface area contributed by atoms with E-state index in [0.29, 0.717) is 33.5 Å². The smallest absolute Gasteiger partial charge is 0.297 e. The fourth-order valence-corrected chi connectivity index (χ4v) is 3.27. The highest BCUT2D eigenvalue weighted by atomic mass is 32.2. The van der Waals surface area contributed by atoms with Gasteiger partial charge >= 0.3 is 0 Å². The molecule has 3 aromatic rings. The third kappa shape index (κ3) is 3.22. The third-order valence-electron chi connectivity index (χ3n) is 3.35. The second-order valence-corrected chi connectivity index (χ2v) is 5.97. The monoisotopic (exact) mass is 351 g/mol. The predicted octanol–water partition coefficient (Wildman–Crippen LogP) is 3.21. The Kier molecular flexibility index (Phi) is 5.00. The highest BCUT2D eigenvalue weighted by Crippen LogP contribution is 2.32. The van der Waals surface area contributed by atoms with Crippen LogP contribution in [-0.4, -0.2) is 29.8 Å². The number of halogens is 2. The molecule has 2 aromatic heterocycles. The van der Waals surface area contributed by atoms with Crippen LogP contribution in [0.5, 0.6) is 0 Å². The molecule has 0 aliphatic heterocycles. The van der Waals surface area contributed by atoms with Crippen molar-refractivity contribution in [1.29, 1.82) is 0 Å². The first-order valence-electron chi connectivity index (χ1n) is 7.39. The number of fused-ring (bicyclic) bond motifs is 1. The van der Waals surface area contributed by atoms with Crippen LogP contribution >= 0.6 is 11.8 Å². The van der Waals surface area contributed by atoms with Crippen molar-refractivity contribution in [3.05, 3.63) is 35.9 Å². The molecule has 0 atom stereocenters. The number of benzene rings is 1. The molecular weight excluding hydrogens is 336 g/mol. The maximum atomic E-state index is 13.1. The van der Waals surface area contributed by atoms with Gasteiger partial charge in [0.05, 0.1) is 5.52 Å². The molecule has 0 bridgehead atoms. The van der Waals surface area contributed by atoms with Crippen molar-refractivity contribution >= 4 is 22.7 Å². The summed E-state index contributed by atoms with van der Waals surface area (Å²) in [6.45, 7) is 2.38. The van der Waals surface area contributed by atoms with Crippen LogP contribution in [0.1, 0.15) is 31.4 Å². The van der Waals surface area contributed by atoms with Gasteiger partial charge in [0.2, 0.25) is 0 Å². The lowest BCUT2D eigenvalue weighted by Crippen LogP contribution is -2.05. The van der Waals surface area contributed by atoms with E-state index in [4.69, 9.17) is 0 Å². The van der Waals surface area contributed by atoms with Crippen LogP contribution in [0, 0.1) is 0 Å². The van der Waals surface area contributed by atoms with Gasteiger partial charge in [-0.1, -0.05) is 25.1 Å². The van der Waals surface area contributed by atoms with Crippen LogP contribution in [-0.2, 0) is 13.2 Å². The van der Waals surface area contributed by atoms with Gasteiger partial charge < -0.3 is 9.67 Å². The highest BCUT2D eigenvalue weighted by molar-refractivity contribution is 7.99. The van der Waals surface area contributed by atoms with E-state index in [-0.39, 0.29) is 6.61 Å². The van der Waals surface area contributed by atoms with Crippen LogP contribution in [0.15, 0.2) is 34.4 Å². The summed E-state index contributed by atoms with van der Waals surface area (Å²) in [6.07, 6.45) is -1.93. The molecule has 3 rings (SSSR count). The van der Waals surface area contributed by atoms with Crippen molar-refractivity contribution in [1.82, 2.24) is 24.7 Å². The molecule has 0 fully saturated rings. The summed E-state index contributed by atoms with van der Waals surface area (Å²) in [4.78, 5) is 7.89. The minimum absolute atomic E-state index is 0.236. The first-order chi connectivity index (χ1) is 11.6. The first-order valence-corrected chi connectivity index (χ1v) is 8.21. The Morgan fingerprint density at radius 2 is 2.00 bits per heavy atom. The second-order valence-electron chi connectivity index (χ2n) is 5.02. The highest BCUT2D eigenvalue weighted by Gasteiger charge is 2.18. The fraction of sp³-hybridized carbons (Fsp3) is 0.333. The van der Waals surface area contributed by atoms with Gasteiger partial charge in [-0.05, 0) is 24.2 Å². The molecule has 6 nitrogen and oxygen atoms in total. The van der Waals surface area contributed by atoms with Gasteiger partial charge in [0.15, 0.2) is 16.8 Å². The molecule has 0 saturated heterocycles. The molecule has 9 heteroatoms. The fourth-order valence-electron chi connectivity index (χ4n) is 2.29. The lowest BCUT2D eigenvalue weighted by Gasteiger charge is -2.09. The maximum absolute atomic E-state index is 13.1. The number of rotatable bonds is 6. The molecule has 126 valence electrons. The molecule has 0 aliphatic carbocycles. The Morgan fingerprint density at radius 1 is 1.21 bits per heavy atom. The summed E-state index contributed by atoms with van der Waals surface area (Å²) in [5.41, 5.74) is 0.453. The molecule has 0 radical (unpaired) electrons. The van der Waals surface area contributed by atoms with Crippen LogP contribution < -0.4 is 0 Å². The number of aliphatic hydroxyl groups excluding tert-OH is 1. The number of para-hydroxylation sites is 1. The molecule has 0 spiro atoms. The SMILES string of the molecule is CCCn1c(CO)nnc1Sc1nc(C(F)F)nc2ccccc12. The minimum Gasteiger partial charge on any atom is -0.388 e. The van der Waals surface area contributed by atoms with Crippen LogP contribution in [0.2, 0.25) is 0 Å². The van der Waals surface area contributed by atoms with Crippen molar-refractivity contribution in [2.75, 3.05) is 0 Å². The van der Waals surface area contributed by atoms with Gasteiger partial charge in [0.25, 0.3) is 6.43 Å². The van der Waals surface area contributed by atoms with E-state index in [0.717, 1.165) is 18.2 Å². The Morgan fingerprint density at radius 3 is 2.71 bits per heavy atom. The van der Waals surface area contributed by atoms with E-state index in [2.05, 4.69) is 20.2 Å². The van der Waals surface area contributed by atoms with Crippen LogP contribution in [0.3, 0.4) is 0 Å². The average Bonchev–Trinajstić information content (AvgIpc) is 2.97. The summed E-state index contributed by atoms with van der Waals surface area (Å²) >= 11 is 1.15. The van der Waals surface area contributed by atoms with Crippen LogP contribution in [0.4, 0.5) is 8.78 Å². The van der Waals surface area contributed by atoms with Gasteiger partial charge in [0.1, 0.15) is 11.6 Å². The molecule has 0 unspecified atom stereocenters. The number of aromatic nitrogens is 5. The zero-order valence-corrected chi connectivity index (χ0v) is 13.7. The largest absolute Gasteiger partial charge is 0.388 e. The van der Waals surface area contributed by atoms with Gasteiger partial charge in [-0.15, -0.1) is 10.2 Å². The molecule has 1 N–H and O–H groups in total. The predicted molar refractivity (Wildman–Crippen MR) is 84.9 cm³/mol. The molecular formula is C15H15F2N5OS. The van der Waals surface area contributed by atoms with E-state index in [1.807, 2.05) is 6.92 Å². The second kappa shape index (κ2) is 7.18. The third-order valence-corrected chi connectivity index (χ3v) is 4.34. The van der Waals surface area contributed by atoms with E-state index in [1.54, 1.807) is 28.8 Å². The van der Waals surface area contributed by atoms with Crippen LogP contribution in [0.25, 0.3) is 10.9 Å². The summed E-state index contributed by atoms with van der Waals surface area (Å²) in [5, 5.41) is 18.9. The zero-order valence-electron chi connectivity index (χ0n) is 12.9. The Labute approximate surface area is 141 Å². The van der Waals surface area contributed by atoms with Gasteiger partial charge in [-0.25, -0.2) is 18.7 Å². The van der Waals surface area contributed by atoms with Crippen molar-refractivity contribution in [3.8, 4) is 0 Å². The van der Waals surface area contributed by atoms with Crippen molar-refractivity contribution < 1.29 is 13.9 Å². The lowest BCUT2D eigenvalue weighted by molar-refractivity contribution is 0.140. The number of alkyl halides is 2. The van der Waals surface area contributed by atoms with E-state index < -0.39 is 12.2 Å². The molecule has 0 saturated carbocycles. The van der Waals surface area contributed by atoms with Gasteiger partial charge in [0, 0.05) is 11.9 Å². The normalized spacial score (nSPS) is 11.5. The number of hydrogen-bond donors (Lipinski definition) is 1. The minimum atomic E-state index is -2.75. The summed E-state index contributed by atoms with van der Waals surface area (Å²) in [7, 11) is 0. The molecule has 0 aliphatic rings. The lowest BCUT2D eigenvalue weighted by atomic mass is 10.2. The Balaban J connectivity index is 2.08. The number of hydrogen-bond acceptors (Lipinski definition) is 6. The average molecular weight is 351 g/mol. The molecule has 1 aromatic carbocycles. The van der Waals surface area contributed by atoms with Crippen molar-refractivity contribution in [3.63, 3.8) is 0 Å². The molecule has 0 amide bonds. The first kappa shape index (κ1) is 16.7. The van der Waals surface area contributed by atoms with E-state index in [1.165, 1.54) is 0 Å². The topological polar surface area (TPSA) is 76.7 Å². The Bertz CT molecular complexity index is 855. The molecule has 2 heterocycles. The van der Waals surface area contributed by atoms with E-state index in [9.17, 15) is 13.9 Å². The molecule has 24 heavy (non-hydrogen) atoms. The maximum Gasteiger partial charge on any atom is 0.297 e. The summed E-state index contributed by atoms with van der Waals surface area (Å²) < 4.78 is 27.9. The van der Waals surface area contributed by atoms with Gasteiger partial charge in [-0.2, -0.15) is 0 Å². The van der Waals surface area contributed by atoms with Gasteiger partial charge in [-0.3, -0.25) is 0 Å². The Hall–Kier alpha value is -2.13.